The lowest BCUT2D eigenvalue weighted by molar-refractivity contribution is -0.121. The van der Waals surface area contributed by atoms with Crippen LogP contribution in [0.15, 0.2) is 71.6 Å². The summed E-state index contributed by atoms with van der Waals surface area (Å²) in [4.78, 5) is 12.6. The van der Waals surface area contributed by atoms with Crippen LogP contribution in [0.2, 0.25) is 0 Å². The first-order valence-electron chi connectivity index (χ1n) is 10.4. The maximum Gasteiger partial charge on any atom is 0.243 e. The van der Waals surface area contributed by atoms with E-state index in [1.165, 1.54) is 4.31 Å². The predicted octanol–water partition coefficient (Wildman–Crippen LogP) is 3.11. The van der Waals surface area contributed by atoms with Gasteiger partial charge >= 0.3 is 0 Å². The minimum Gasteiger partial charge on any atom is -0.379 e. The molecule has 1 N–H and O–H groups in total. The third-order valence-electron chi connectivity index (χ3n) is 5.53. The average molecular weight is 439 g/mol. The molecule has 0 bridgehead atoms. The van der Waals surface area contributed by atoms with Crippen molar-refractivity contribution in [1.29, 1.82) is 0 Å². The number of amides is 1. The molecule has 1 aliphatic heterocycles. The Labute approximate surface area is 182 Å². The number of ether oxygens (including phenoxy) is 1. The van der Waals surface area contributed by atoms with Gasteiger partial charge in [0.05, 0.1) is 18.1 Å². The highest BCUT2D eigenvalue weighted by molar-refractivity contribution is 7.89. The van der Waals surface area contributed by atoms with E-state index in [1.54, 1.807) is 24.3 Å². The maximum atomic E-state index is 12.7. The number of fused-ring (bicyclic) bond motifs is 1. The Balaban J connectivity index is 1.31. The number of rotatable bonds is 7. The molecule has 3 aromatic carbocycles. The number of morpholine rings is 1. The molecular weight excluding hydrogens is 412 g/mol. The summed E-state index contributed by atoms with van der Waals surface area (Å²) in [6.45, 7) is 2.08. The highest BCUT2D eigenvalue weighted by Crippen LogP contribution is 2.19. The molecule has 4 rings (SSSR count). The number of sulfonamides is 1. The minimum atomic E-state index is -3.49. The SMILES string of the molecule is O=C(CCc1ccc(S(=O)(=O)N2CCOCC2)cc1)NCc1cccc2ccccc12. The minimum absolute atomic E-state index is 0.0297. The molecule has 0 radical (unpaired) electrons. The van der Waals surface area contributed by atoms with Gasteiger partial charge in [0, 0.05) is 26.1 Å². The summed E-state index contributed by atoms with van der Waals surface area (Å²) >= 11 is 0. The van der Waals surface area contributed by atoms with E-state index in [2.05, 4.69) is 23.5 Å². The molecule has 31 heavy (non-hydrogen) atoms. The van der Waals surface area contributed by atoms with E-state index in [0.29, 0.717) is 45.7 Å². The van der Waals surface area contributed by atoms with Gasteiger partial charge in [-0.15, -0.1) is 0 Å². The lowest BCUT2D eigenvalue weighted by Crippen LogP contribution is -2.40. The van der Waals surface area contributed by atoms with Crippen LogP contribution in [-0.2, 0) is 32.5 Å². The number of carbonyl (C=O) groups excluding carboxylic acids is 1. The van der Waals surface area contributed by atoms with Crippen LogP contribution in [0.1, 0.15) is 17.5 Å². The third kappa shape index (κ3) is 5.12. The van der Waals surface area contributed by atoms with Crippen molar-refractivity contribution in [2.24, 2.45) is 0 Å². The van der Waals surface area contributed by atoms with E-state index >= 15 is 0 Å². The van der Waals surface area contributed by atoms with Gasteiger partial charge in [0.15, 0.2) is 0 Å². The van der Waals surface area contributed by atoms with Crippen molar-refractivity contribution in [3.05, 3.63) is 77.9 Å². The summed E-state index contributed by atoms with van der Waals surface area (Å²) in [5.41, 5.74) is 2.02. The van der Waals surface area contributed by atoms with Crippen LogP contribution in [-0.4, -0.2) is 44.9 Å². The maximum absolute atomic E-state index is 12.7. The lowest BCUT2D eigenvalue weighted by atomic mass is 10.0. The van der Waals surface area contributed by atoms with Crippen LogP contribution in [0.25, 0.3) is 10.8 Å². The van der Waals surface area contributed by atoms with E-state index in [-0.39, 0.29) is 10.8 Å². The molecule has 162 valence electrons. The van der Waals surface area contributed by atoms with E-state index in [0.717, 1.165) is 21.9 Å². The van der Waals surface area contributed by atoms with Gasteiger partial charge in [-0.1, -0.05) is 54.6 Å². The van der Waals surface area contributed by atoms with Crippen LogP contribution in [0.3, 0.4) is 0 Å². The standard InChI is InChI=1S/C24H26N2O4S/c27-24(25-18-21-6-3-5-20-4-1-2-7-23(20)21)13-10-19-8-11-22(12-9-19)31(28,29)26-14-16-30-17-15-26/h1-9,11-12H,10,13-18H2,(H,25,27). The second-order valence-corrected chi connectivity index (χ2v) is 9.51. The first-order chi connectivity index (χ1) is 15.0. The summed E-state index contributed by atoms with van der Waals surface area (Å²) in [7, 11) is -3.49. The number of hydrogen-bond donors (Lipinski definition) is 1. The number of aryl methyl sites for hydroxylation is 1. The van der Waals surface area contributed by atoms with Crippen molar-refractivity contribution in [2.45, 2.75) is 24.3 Å². The lowest BCUT2D eigenvalue weighted by Gasteiger charge is -2.26. The molecular formula is C24H26N2O4S. The molecule has 0 atom stereocenters. The van der Waals surface area contributed by atoms with Gasteiger partial charge in [0.25, 0.3) is 0 Å². The number of hydrogen-bond acceptors (Lipinski definition) is 4. The van der Waals surface area contributed by atoms with Gasteiger partial charge in [-0.3, -0.25) is 4.79 Å². The summed E-state index contributed by atoms with van der Waals surface area (Å²) in [5.74, 6) is -0.0297. The molecule has 1 aliphatic rings. The van der Waals surface area contributed by atoms with Crippen molar-refractivity contribution >= 4 is 26.7 Å². The quantitative estimate of drug-likeness (QED) is 0.615. The number of carbonyl (C=O) groups is 1. The molecule has 1 heterocycles. The fraction of sp³-hybridized carbons (Fsp3) is 0.292. The van der Waals surface area contributed by atoms with E-state index in [4.69, 9.17) is 4.74 Å². The highest BCUT2D eigenvalue weighted by atomic mass is 32.2. The van der Waals surface area contributed by atoms with Crippen molar-refractivity contribution in [3.8, 4) is 0 Å². The summed E-state index contributed by atoms with van der Waals surface area (Å²) in [6.07, 6.45) is 0.902. The van der Waals surface area contributed by atoms with Gasteiger partial charge in [-0.25, -0.2) is 8.42 Å². The molecule has 1 fully saturated rings. The molecule has 0 aliphatic carbocycles. The zero-order valence-corrected chi connectivity index (χ0v) is 18.1. The normalized spacial score (nSPS) is 15.1. The van der Waals surface area contributed by atoms with Crippen LogP contribution < -0.4 is 5.32 Å². The zero-order valence-electron chi connectivity index (χ0n) is 17.3. The first kappa shape index (κ1) is 21.5. The number of nitrogens with zero attached hydrogens (tertiary/aromatic N) is 1. The Morgan fingerprint density at radius 3 is 2.42 bits per heavy atom. The Kier molecular flexibility index (Phi) is 6.65. The molecule has 0 saturated carbocycles. The topological polar surface area (TPSA) is 75.7 Å². The molecule has 1 amide bonds. The third-order valence-corrected chi connectivity index (χ3v) is 7.44. The number of benzene rings is 3. The fourth-order valence-electron chi connectivity index (χ4n) is 3.75. The highest BCUT2D eigenvalue weighted by Gasteiger charge is 2.26. The largest absolute Gasteiger partial charge is 0.379 e. The fourth-order valence-corrected chi connectivity index (χ4v) is 5.16. The Morgan fingerprint density at radius 1 is 0.935 bits per heavy atom. The molecule has 1 saturated heterocycles. The molecule has 0 aromatic heterocycles. The molecule has 0 unspecified atom stereocenters. The molecule has 0 spiro atoms. The van der Waals surface area contributed by atoms with Crippen LogP contribution in [0, 0.1) is 0 Å². The first-order valence-corrected chi connectivity index (χ1v) is 11.9. The van der Waals surface area contributed by atoms with Crippen molar-refractivity contribution in [3.63, 3.8) is 0 Å². The Hall–Kier alpha value is -2.74. The van der Waals surface area contributed by atoms with Crippen molar-refractivity contribution < 1.29 is 17.9 Å². The van der Waals surface area contributed by atoms with Crippen molar-refractivity contribution in [2.75, 3.05) is 26.3 Å². The second-order valence-electron chi connectivity index (χ2n) is 7.58. The average Bonchev–Trinajstić information content (AvgIpc) is 2.82. The summed E-state index contributed by atoms with van der Waals surface area (Å²) < 4.78 is 32.0. The van der Waals surface area contributed by atoms with E-state index in [1.807, 2.05) is 24.3 Å². The summed E-state index contributed by atoms with van der Waals surface area (Å²) in [5, 5.41) is 5.28. The van der Waals surface area contributed by atoms with Gasteiger partial charge < -0.3 is 10.1 Å². The van der Waals surface area contributed by atoms with Crippen LogP contribution in [0.4, 0.5) is 0 Å². The predicted molar refractivity (Wildman–Crippen MR) is 120 cm³/mol. The van der Waals surface area contributed by atoms with Crippen LogP contribution in [0.5, 0.6) is 0 Å². The smallest absolute Gasteiger partial charge is 0.243 e. The molecule has 6 nitrogen and oxygen atoms in total. The monoisotopic (exact) mass is 438 g/mol. The Morgan fingerprint density at radius 2 is 1.65 bits per heavy atom. The zero-order chi connectivity index (χ0) is 21.7. The second kappa shape index (κ2) is 9.60. The summed E-state index contributed by atoms with van der Waals surface area (Å²) in [6, 6.07) is 21.0. The van der Waals surface area contributed by atoms with E-state index in [9.17, 15) is 13.2 Å². The van der Waals surface area contributed by atoms with Gasteiger partial charge in [0.2, 0.25) is 15.9 Å². The van der Waals surface area contributed by atoms with Gasteiger partial charge in [0.1, 0.15) is 0 Å². The Bertz CT molecular complexity index is 1150. The van der Waals surface area contributed by atoms with Gasteiger partial charge in [-0.2, -0.15) is 4.31 Å². The molecule has 7 heteroatoms. The molecule has 3 aromatic rings. The number of nitrogens with one attached hydrogen (secondary N) is 1. The van der Waals surface area contributed by atoms with Crippen LogP contribution >= 0.6 is 0 Å². The van der Waals surface area contributed by atoms with E-state index < -0.39 is 10.0 Å². The van der Waals surface area contributed by atoms with Crippen molar-refractivity contribution in [1.82, 2.24) is 9.62 Å². The van der Waals surface area contributed by atoms with Gasteiger partial charge in [-0.05, 0) is 40.5 Å².